The van der Waals surface area contributed by atoms with Gasteiger partial charge in [0.2, 0.25) is 10.0 Å². The summed E-state index contributed by atoms with van der Waals surface area (Å²) in [5.74, 6) is 1.71. The Morgan fingerprint density at radius 2 is 1.62 bits per heavy atom. The molecule has 0 aliphatic carbocycles. The van der Waals surface area contributed by atoms with Crippen molar-refractivity contribution < 1.29 is 26.3 Å². The second-order valence-electron chi connectivity index (χ2n) is 9.10. The molecular formula is C27H26F3N3O3S. The Balaban J connectivity index is 1.29. The van der Waals surface area contributed by atoms with Crippen LogP contribution in [0.1, 0.15) is 24.2 Å². The number of sulfonamides is 1. The van der Waals surface area contributed by atoms with Crippen molar-refractivity contribution in [1.82, 2.24) is 13.9 Å². The standard InChI is InChI=1S/C27H26F3N3O3S/c28-27(29,30)21-7-6-10-23(17-21)37(34,35)32-15-13-20(14-16-32)18-33-25-12-5-4-11-24(25)31-26(33)19-36-22-8-2-1-3-9-22/h1-12,17,20H,13-16,18-19H2. The van der Waals surface area contributed by atoms with Gasteiger partial charge < -0.3 is 9.30 Å². The van der Waals surface area contributed by atoms with Gasteiger partial charge in [-0.15, -0.1) is 0 Å². The number of alkyl halides is 3. The average Bonchev–Trinajstić information content (AvgIpc) is 3.25. The van der Waals surface area contributed by atoms with E-state index in [0.29, 0.717) is 32.1 Å². The number of hydrogen-bond acceptors (Lipinski definition) is 4. The predicted octanol–water partition coefficient (Wildman–Crippen LogP) is 5.74. The number of halogens is 3. The first-order valence-electron chi connectivity index (χ1n) is 12.0. The second-order valence-corrected chi connectivity index (χ2v) is 11.0. The first kappa shape index (κ1) is 25.3. The van der Waals surface area contributed by atoms with Gasteiger partial charge in [-0.05, 0) is 61.2 Å². The van der Waals surface area contributed by atoms with Crippen molar-refractivity contribution in [2.45, 2.75) is 37.1 Å². The molecule has 0 amide bonds. The summed E-state index contributed by atoms with van der Waals surface area (Å²) in [6.07, 6.45) is -3.43. The first-order valence-corrected chi connectivity index (χ1v) is 13.5. The largest absolute Gasteiger partial charge is 0.486 e. The minimum Gasteiger partial charge on any atom is -0.486 e. The van der Waals surface area contributed by atoms with E-state index in [1.807, 2.05) is 54.6 Å². The van der Waals surface area contributed by atoms with Gasteiger partial charge in [0, 0.05) is 19.6 Å². The highest BCUT2D eigenvalue weighted by atomic mass is 32.2. The maximum Gasteiger partial charge on any atom is 0.416 e. The number of nitrogens with zero attached hydrogens (tertiary/aromatic N) is 3. The molecule has 5 rings (SSSR count). The molecule has 0 radical (unpaired) electrons. The molecule has 1 saturated heterocycles. The van der Waals surface area contributed by atoms with Crippen LogP contribution in [0.25, 0.3) is 11.0 Å². The summed E-state index contributed by atoms with van der Waals surface area (Å²) in [4.78, 5) is 4.42. The number of hydrogen-bond donors (Lipinski definition) is 0. The van der Waals surface area contributed by atoms with Crippen LogP contribution in [0.2, 0.25) is 0 Å². The predicted molar refractivity (Wildman–Crippen MR) is 133 cm³/mol. The number of fused-ring (bicyclic) bond motifs is 1. The molecule has 0 saturated carbocycles. The van der Waals surface area contributed by atoms with Crippen molar-refractivity contribution in [2.24, 2.45) is 5.92 Å². The molecule has 2 heterocycles. The highest BCUT2D eigenvalue weighted by Gasteiger charge is 2.34. The molecule has 1 aliphatic rings. The topological polar surface area (TPSA) is 64.4 Å². The lowest BCUT2D eigenvalue weighted by atomic mass is 9.98. The van der Waals surface area contributed by atoms with Crippen molar-refractivity contribution in [3.63, 3.8) is 0 Å². The van der Waals surface area contributed by atoms with Crippen LogP contribution in [0, 0.1) is 5.92 Å². The summed E-state index contributed by atoms with van der Waals surface area (Å²) in [6, 6.07) is 21.2. The highest BCUT2D eigenvalue weighted by molar-refractivity contribution is 7.89. The van der Waals surface area contributed by atoms with Gasteiger partial charge in [-0.1, -0.05) is 36.4 Å². The van der Waals surface area contributed by atoms with E-state index in [1.165, 1.54) is 10.4 Å². The van der Waals surface area contributed by atoms with Crippen molar-refractivity contribution in [3.05, 3.63) is 90.3 Å². The lowest BCUT2D eigenvalue weighted by Crippen LogP contribution is -2.39. The number of imidazole rings is 1. The minimum absolute atomic E-state index is 0.182. The van der Waals surface area contributed by atoms with Crippen molar-refractivity contribution in [2.75, 3.05) is 13.1 Å². The molecular weight excluding hydrogens is 503 g/mol. The summed E-state index contributed by atoms with van der Waals surface area (Å²) in [5, 5.41) is 0. The highest BCUT2D eigenvalue weighted by Crippen LogP contribution is 2.32. The molecule has 0 N–H and O–H groups in total. The lowest BCUT2D eigenvalue weighted by molar-refractivity contribution is -0.137. The Morgan fingerprint density at radius 3 is 2.35 bits per heavy atom. The fourth-order valence-electron chi connectivity index (χ4n) is 4.68. The summed E-state index contributed by atoms with van der Waals surface area (Å²) >= 11 is 0. The van der Waals surface area contributed by atoms with E-state index in [1.54, 1.807) is 0 Å². The molecule has 1 fully saturated rings. The summed E-state index contributed by atoms with van der Waals surface area (Å²) in [6.45, 7) is 1.42. The molecule has 1 aliphatic heterocycles. The van der Waals surface area contributed by atoms with Gasteiger partial charge in [0.05, 0.1) is 21.5 Å². The molecule has 0 bridgehead atoms. The van der Waals surface area contributed by atoms with Crippen LogP contribution in [0.3, 0.4) is 0 Å². The van der Waals surface area contributed by atoms with Crippen molar-refractivity contribution in [3.8, 4) is 5.75 Å². The van der Waals surface area contributed by atoms with Crippen molar-refractivity contribution >= 4 is 21.1 Å². The Hall–Kier alpha value is -3.37. The fourth-order valence-corrected chi connectivity index (χ4v) is 6.19. The minimum atomic E-state index is -4.60. The van der Waals surface area contributed by atoms with E-state index in [2.05, 4.69) is 4.57 Å². The SMILES string of the molecule is O=S(=O)(c1cccc(C(F)(F)F)c1)N1CCC(Cn2c(COc3ccccc3)nc3ccccc32)CC1. The van der Waals surface area contributed by atoms with Gasteiger partial charge in [0.25, 0.3) is 0 Å². The zero-order chi connectivity index (χ0) is 26.0. The van der Waals surface area contributed by atoms with Crippen LogP contribution >= 0.6 is 0 Å². The van der Waals surface area contributed by atoms with E-state index in [0.717, 1.165) is 34.7 Å². The molecule has 3 aromatic carbocycles. The maximum atomic E-state index is 13.1. The third-order valence-corrected chi connectivity index (χ3v) is 8.55. The summed E-state index contributed by atoms with van der Waals surface area (Å²) in [5.41, 5.74) is 0.868. The van der Waals surface area contributed by atoms with Gasteiger partial charge in [0.15, 0.2) is 0 Å². The van der Waals surface area contributed by atoms with E-state index in [4.69, 9.17) is 9.72 Å². The van der Waals surface area contributed by atoms with Crippen LogP contribution in [0.15, 0.2) is 83.8 Å². The monoisotopic (exact) mass is 529 g/mol. The van der Waals surface area contributed by atoms with Gasteiger partial charge in [-0.2, -0.15) is 17.5 Å². The summed E-state index contributed by atoms with van der Waals surface area (Å²) < 4.78 is 74.8. The molecule has 4 aromatic rings. The Bertz CT molecular complexity index is 1480. The lowest BCUT2D eigenvalue weighted by Gasteiger charge is -2.32. The van der Waals surface area contributed by atoms with Crippen LogP contribution in [0.4, 0.5) is 13.2 Å². The third kappa shape index (κ3) is 5.50. The van der Waals surface area contributed by atoms with Crippen LogP contribution < -0.4 is 4.74 Å². The van der Waals surface area contributed by atoms with Gasteiger partial charge in [-0.25, -0.2) is 13.4 Å². The number of ether oxygens (including phenoxy) is 1. The van der Waals surface area contributed by atoms with Gasteiger partial charge in [0.1, 0.15) is 18.2 Å². The number of benzene rings is 3. The smallest absolute Gasteiger partial charge is 0.416 e. The molecule has 194 valence electrons. The average molecular weight is 530 g/mol. The van der Waals surface area contributed by atoms with Gasteiger partial charge >= 0.3 is 6.18 Å². The Morgan fingerprint density at radius 1 is 0.919 bits per heavy atom. The van der Waals surface area contributed by atoms with Crippen molar-refractivity contribution in [1.29, 1.82) is 0 Å². The zero-order valence-corrected chi connectivity index (χ0v) is 20.8. The molecule has 6 nitrogen and oxygen atoms in total. The fraction of sp³-hybridized carbons (Fsp3) is 0.296. The molecule has 37 heavy (non-hydrogen) atoms. The molecule has 0 atom stereocenters. The van der Waals surface area contributed by atoms with E-state index < -0.39 is 21.8 Å². The maximum absolute atomic E-state index is 13.1. The number of rotatable bonds is 7. The second kappa shape index (κ2) is 10.2. The van der Waals surface area contributed by atoms with E-state index in [-0.39, 0.29) is 23.9 Å². The third-order valence-electron chi connectivity index (χ3n) is 6.66. The van der Waals surface area contributed by atoms with Crippen LogP contribution in [-0.4, -0.2) is 35.4 Å². The molecule has 0 spiro atoms. The number of piperidine rings is 1. The van der Waals surface area contributed by atoms with Crippen LogP contribution in [0.5, 0.6) is 5.75 Å². The summed E-state index contributed by atoms with van der Waals surface area (Å²) in [7, 11) is -4.02. The Kier molecular flexibility index (Phi) is 6.96. The molecule has 0 unspecified atom stereocenters. The first-order chi connectivity index (χ1) is 17.7. The zero-order valence-electron chi connectivity index (χ0n) is 19.9. The van der Waals surface area contributed by atoms with E-state index in [9.17, 15) is 21.6 Å². The Labute approximate surface area is 213 Å². The number of aromatic nitrogens is 2. The quantitative estimate of drug-likeness (QED) is 0.307. The normalized spacial score (nSPS) is 15.8. The molecule has 10 heteroatoms. The number of para-hydroxylation sites is 3. The molecule has 1 aromatic heterocycles. The van der Waals surface area contributed by atoms with Crippen LogP contribution in [-0.2, 0) is 29.4 Å². The van der Waals surface area contributed by atoms with E-state index >= 15 is 0 Å². The van der Waals surface area contributed by atoms with Gasteiger partial charge in [-0.3, -0.25) is 0 Å².